The van der Waals surface area contributed by atoms with Gasteiger partial charge >= 0.3 is 5.97 Å². The number of esters is 1. The molecular formula is C28H35NO3. The third-order valence-corrected chi connectivity index (χ3v) is 6.69. The molecule has 1 atom stereocenters. The van der Waals surface area contributed by atoms with Crippen LogP contribution in [0.5, 0.6) is 0 Å². The minimum Gasteiger partial charge on any atom is -0.469 e. The molecule has 0 spiro atoms. The second kappa shape index (κ2) is 11.1. The molecule has 170 valence electrons. The van der Waals surface area contributed by atoms with E-state index in [1.165, 1.54) is 59.8 Å². The van der Waals surface area contributed by atoms with Crippen molar-refractivity contribution in [1.29, 1.82) is 0 Å². The van der Waals surface area contributed by atoms with Crippen molar-refractivity contribution in [3.63, 3.8) is 0 Å². The van der Waals surface area contributed by atoms with E-state index < -0.39 is 0 Å². The molecule has 0 radical (unpaired) electrons. The molecule has 4 rings (SSSR count). The van der Waals surface area contributed by atoms with Crippen LogP contribution in [0.4, 0.5) is 0 Å². The number of allylic oxidation sites excluding steroid dienone is 2. The predicted octanol–water partition coefficient (Wildman–Crippen LogP) is 5.90. The molecule has 2 aliphatic carbocycles. The van der Waals surface area contributed by atoms with Crippen molar-refractivity contribution in [2.75, 3.05) is 7.11 Å². The smallest absolute Gasteiger partial charge is 0.305 e. The summed E-state index contributed by atoms with van der Waals surface area (Å²) >= 11 is 0. The van der Waals surface area contributed by atoms with Crippen LogP contribution < -0.4 is 5.73 Å². The number of fused-ring (bicyclic) bond motifs is 1. The van der Waals surface area contributed by atoms with Crippen LogP contribution in [0.3, 0.4) is 0 Å². The standard InChI is InChI=1S/C24H27NO.C4H8O2/c1-2-18-21(14-16-8-4-3-5-9-16)20-13-7-12-19(17-10-6-11-17)24(20)22(18)15-23(25)26;1-3-4(5)6-2/h3-5,7-9,12-13,17,22H,2,6,10-11,14-15H2,1H3,(H2,25,26);3H2,1-2H3. The van der Waals surface area contributed by atoms with E-state index in [2.05, 4.69) is 60.2 Å². The first-order valence-electron chi connectivity index (χ1n) is 11.7. The molecule has 2 aliphatic rings. The number of hydrogen-bond donors (Lipinski definition) is 1. The van der Waals surface area contributed by atoms with Crippen LogP contribution >= 0.6 is 0 Å². The van der Waals surface area contributed by atoms with Crippen molar-refractivity contribution in [3.8, 4) is 0 Å². The van der Waals surface area contributed by atoms with Gasteiger partial charge in [-0.1, -0.05) is 74.4 Å². The van der Waals surface area contributed by atoms with Gasteiger partial charge in [-0.05, 0) is 59.4 Å². The zero-order chi connectivity index (χ0) is 23.1. The number of nitrogens with two attached hydrogens (primary N) is 1. The quantitative estimate of drug-likeness (QED) is 0.553. The molecule has 0 aliphatic heterocycles. The third-order valence-electron chi connectivity index (χ3n) is 6.69. The second-order valence-electron chi connectivity index (χ2n) is 8.61. The van der Waals surface area contributed by atoms with E-state index in [-0.39, 0.29) is 17.8 Å². The van der Waals surface area contributed by atoms with E-state index in [0.717, 1.165) is 12.8 Å². The first kappa shape index (κ1) is 23.8. The monoisotopic (exact) mass is 433 g/mol. The minimum absolute atomic E-state index is 0.157. The summed E-state index contributed by atoms with van der Waals surface area (Å²) in [5.74, 6) is 0.476. The number of primary amides is 1. The maximum absolute atomic E-state index is 11.9. The van der Waals surface area contributed by atoms with Crippen LogP contribution in [0.15, 0.2) is 54.1 Å². The summed E-state index contributed by atoms with van der Waals surface area (Å²) in [5.41, 5.74) is 14.0. The first-order valence-corrected chi connectivity index (χ1v) is 11.7. The summed E-state index contributed by atoms with van der Waals surface area (Å²) in [6.45, 7) is 3.97. The van der Waals surface area contributed by atoms with E-state index in [9.17, 15) is 9.59 Å². The van der Waals surface area contributed by atoms with Crippen LogP contribution in [0.2, 0.25) is 0 Å². The van der Waals surface area contributed by atoms with Crippen molar-refractivity contribution >= 4 is 17.4 Å². The molecule has 0 aromatic heterocycles. The average molecular weight is 434 g/mol. The van der Waals surface area contributed by atoms with Gasteiger partial charge in [-0.3, -0.25) is 9.59 Å². The van der Waals surface area contributed by atoms with Gasteiger partial charge in [0.2, 0.25) is 5.91 Å². The summed E-state index contributed by atoms with van der Waals surface area (Å²) in [5, 5.41) is 0. The molecule has 1 amide bonds. The van der Waals surface area contributed by atoms with Gasteiger partial charge in [0.05, 0.1) is 7.11 Å². The second-order valence-corrected chi connectivity index (χ2v) is 8.61. The molecule has 0 bridgehead atoms. The Hall–Kier alpha value is -2.88. The highest BCUT2D eigenvalue weighted by molar-refractivity contribution is 5.84. The van der Waals surface area contributed by atoms with Gasteiger partial charge in [0.25, 0.3) is 0 Å². The highest BCUT2D eigenvalue weighted by Gasteiger charge is 2.35. The fourth-order valence-electron chi connectivity index (χ4n) is 4.91. The molecule has 4 nitrogen and oxygen atoms in total. The van der Waals surface area contributed by atoms with Gasteiger partial charge in [0.1, 0.15) is 0 Å². The molecular weight excluding hydrogens is 398 g/mol. The zero-order valence-corrected chi connectivity index (χ0v) is 19.5. The maximum atomic E-state index is 11.9. The number of amides is 1. The van der Waals surface area contributed by atoms with Crippen molar-refractivity contribution in [2.45, 2.75) is 70.6 Å². The number of carbonyl (C=O) groups is 2. The van der Waals surface area contributed by atoms with Crippen LogP contribution in [-0.2, 0) is 20.7 Å². The molecule has 0 heterocycles. The van der Waals surface area contributed by atoms with Gasteiger partial charge in [-0.15, -0.1) is 0 Å². The Kier molecular flexibility index (Phi) is 8.26. The number of methoxy groups -OCH3 is 1. The maximum Gasteiger partial charge on any atom is 0.305 e. The summed E-state index contributed by atoms with van der Waals surface area (Å²) in [6, 6.07) is 17.4. The minimum atomic E-state index is -0.198. The van der Waals surface area contributed by atoms with Crippen LogP contribution in [0.1, 0.15) is 86.5 Å². The molecule has 0 saturated heterocycles. The predicted molar refractivity (Wildman–Crippen MR) is 129 cm³/mol. The highest BCUT2D eigenvalue weighted by Crippen LogP contribution is 2.51. The number of rotatable bonds is 7. The Morgan fingerprint density at radius 1 is 1.03 bits per heavy atom. The Labute approximate surface area is 191 Å². The van der Waals surface area contributed by atoms with Gasteiger partial charge in [-0.25, -0.2) is 0 Å². The lowest BCUT2D eigenvalue weighted by Gasteiger charge is -2.30. The van der Waals surface area contributed by atoms with E-state index in [4.69, 9.17) is 5.73 Å². The lowest BCUT2D eigenvalue weighted by atomic mass is 9.75. The molecule has 1 fully saturated rings. The Bertz CT molecular complexity index is 967. The van der Waals surface area contributed by atoms with E-state index in [1.807, 2.05) is 0 Å². The van der Waals surface area contributed by atoms with Crippen LogP contribution in [0.25, 0.3) is 5.57 Å². The Morgan fingerprint density at radius 2 is 1.75 bits per heavy atom. The Morgan fingerprint density at radius 3 is 2.25 bits per heavy atom. The van der Waals surface area contributed by atoms with E-state index in [1.54, 1.807) is 6.92 Å². The number of ether oxygens (including phenoxy) is 1. The van der Waals surface area contributed by atoms with Gasteiger partial charge in [0.15, 0.2) is 0 Å². The van der Waals surface area contributed by atoms with E-state index >= 15 is 0 Å². The lowest BCUT2D eigenvalue weighted by molar-refractivity contribution is -0.140. The summed E-state index contributed by atoms with van der Waals surface area (Å²) in [6.07, 6.45) is 6.66. The summed E-state index contributed by atoms with van der Waals surface area (Å²) < 4.78 is 4.26. The molecule has 1 saturated carbocycles. The number of hydrogen-bond acceptors (Lipinski definition) is 3. The molecule has 2 aromatic carbocycles. The van der Waals surface area contributed by atoms with Crippen LogP contribution in [0, 0.1) is 0 Å². The highest BCUT2D eigenvalue weighted by atomic mass is 16.5. The molecule has 2 aromatic rings. The number of benzene rings is 2. The normalized spacial score (nSPS) is 17.2. The van der Waals surface area contributed by atoms with Gasteiger partial charge < -0.3 is 10.5 Å². The topological polar surface area (TPSA) is 69.4 Å². The molecule has 2 N–H and O–H groups in total. The third kappa shape index (κ3) is 5.29. The molecule has 4 heteroatoms. The zero-order valence-electron chi connectivity index (χ0n) is 19.5. The lowest BCUT2D eigenvalue weighted by Crippen LogP contribution is -2.18. The number of carbonyl (C=O) groups excluding carboxylic acids is 2. The first-order chi connectivity index (χ1) is 15.5. The van der Waals surface area contributed by atoms with E-state index in [0.29, 0.717) is 18.8 Å². The SMILES string of the molecule is CCC(=O)OC.CCC1=C(Cc2ccccc2)c2cccc(C3CCC3)c2C1CC(N)=O. The summed E-state index contributed by atoms with van der Waals surface area (Å²) in [7, 11) is 1.38. The van der Waals surface area contributed by atoms with Crippen molar-refractivity contribution in [3.05, 3.63) is 76.4 Å². The van der Waals surface area contributed by atoms with Gasteiger partial charge in [-0.2, -0.15) is 0 Å². The van der Waals surface area contributed by atoms with Gasteiger partial charge in [0, 0.05) is 18.8 Å². The van der Waals surface area contributed by atoms with Crippen molar-refractivity contribution in [2.24, 2.45) is 5.73 Å². The van der Waals surface area contributed by atoms with Crippen LogP contribution in [-0.4, -0.2) is 19.0 Å². The summed E-state index contributed by atoms with van der Waals surface area (Å²) in [4.78, 5) is 21.8. The van der Waals surface area contributed by atoms with Crippen molar-refractivity contribution in [1.82, 2.24) is 0 Å². The Balaban J connectivity index is 0.000000427. The molecule has 1 unspecified atom stereocenters. The fraction of sp³-hybridized carbons (Fsp3) is 0.429. The van der Waals surface area contributed by atoms with Crippen molar-refractivity contribution < 1.29 is 14.3 Å². The molecule has 32 heavy (non-hydrogen) atoms. The average Bonchev–Trinajstić information content (AvgIpc) is 3.05. The largest absolute Gasteiger partial charge is 0.469 e. The fourth-order valence-corrected chi connectivity index (χ4v) is 4.91.